The Labute approximate surface area is 119 Å². The number of aryl methyl sites for hydroxylation is 1. The molecule has 0 aliphatic heterocycles. The van der Waals surface area contributed by atoms with Crippen LogP contribution in [0.2, 0.25) is 0 Å². The lowest BCUT2D eigenvalue weighted by molar-refractivity contribution is 0.300. The van der Waals surface area contributed by atoms with Gasteiger partial charge < -0.3 is 14.6 Å². The maximum Gasteiger partial charge on any atom is 0.134 e. The number of benzene rings is 1. The third kappa shape index (κ3) is 3.38. The molecule has 0 bridgehead atoms. The number of nitrogens with zero attached hydrogens (tertiary/aromatic N) is 1. The SMILES string of the molecule is CCN(CC)CCNCc1oc2ccc(F)cc2c1C. The molecular formula is C16H23FN2O. The van der Waals surface area contributed by atoms with E-state index in [9.17, 15) is 4.39 Å². The van der Waals surface area contributed by atoms with Gasteiger partial charge in [0.25, 0.3) is 0 Å². The van der Waals surface area contributed by atoms with Gasteiger partial charge in [0.1, 0.15) is 17.2 Å². The summed E-state index contributed by atoms with van der Waals surface area (Å²) in [6.07, 6.45) is 0. The molecule has 4 heteroatoms. The molecule has 0 radical (unpaired) electrons. The molecule has 1 aromatic heterocycles. The van der Waals surface area contributed by atoms with Crippen LogP contribution in [0.1, 0.15) is 25.2 Å². The second kappa shape index (κ2) is 6.86. The molecule has 20 heavy (non-hydrogen) atoms. The maximum absolute atomic E-state index is 13.2. The minimum Gasteiger partial charge on any atom is -0.459 e. The van der Waals surface area contributed by atoms with Gasteiger partial charge in [-0.1, -0.05) is 13.8 Å². The number of furan rings is 1. The lowest BCUT2D eigenvalue weighted by Crippen LogP contribution is -2.31. The van der Waals surface area contributed by atoms with Gasteiger partial charge >= 0.3 is 0 Å². The largest absolute Gasteiger partial charge is 0.459 e. The van der Waals surface area contributed by atoms with Crippen LogP contribution in [0, 0.1) is 12.7 Å². The summed E-state index contributed by atoms with van der Waals surface area (Å²) in [5.74, 6) is 0.674. The van der Waals surface area contributed by atoms with E-state index in [-0.39, 0.29) is 5.82 Å². The smallest absolute Gasteiger partial charge is 0.134 e. The third-order valence-electron chi connectivity index (χ3n) is 3.78. The van der Waals surface area contributed by atoms with Gasteiger partial charge in [0.2, 0.25) is 0 Å². The number of hydrogen-bond donors (Lipinski definition) is 1. The van der Waals surface area contributed by atoms with Gasteiger partial charge in [0, 0.05) is 18.5 Å². The average molecular weight is 278 g/mol. The van der Waals surface area contributed by atoms with E-state index in [1.165, 1.54) is 12.1 Å². The molecule has 1 heterocycles. The van der Waals surface area contributed by atoms with Crippen LogP contribution in [-0.4, -0.2) is 31.1 Å². The zero-order valence-electron chi connectivity index (χ0n) is 12.5. The van der Waals surface area contributed by atoms with Crippen molar-refractivity contribution >= 4 is 11.0 Å². The molecule has 1 N–H and O–H groups in total. The molecule has 0 spiro atoms. The molecule has 0 saturated carbocycles. The highest BCUT2D eigenvalue weighted by atomic mass is 19.1. The van der Waals surface area contributed by atoms with Crippen LogP contribution in [0.4, 0.5) is 4.39 Å². The van der Waals surface area contributed by atoms with Gasteiger partial charge in [-0.3, -0.25) is 0 Å². The molecule has 0 saturated heterocycles. The lowest BCUT2D eigenvalue weighted by Gasteiger charge is -2.17. The van der Waals surface area contributed by atoms with Crippen molar-refractivity contribution in [2.24, 2.45) is 0 Å². The van der Waals surface area contributed by atoms with E-state index in [4.69, 9.17) is 4.42 Å². The van der Waals surface area contributed by atoms with E-state index in [0.29, 0.717) is 6.54 Å². The fraction of sp³-hybridized carbons (Fsp3) is 0.500. The van der Waals surface area contributed by atoms with Crippen LogP contribution in [0.3, 0.4) is 0 Å². The molecule has 0 aliphatic rings. The number of rotatable bonds is 7. The molecule has 3 nitrogen and oxygen atoms in total. The fourth-order valence-corrected chi connectivity index (χ4v) is 2.39. The van der Waals surface area contributed by atoms with Crippen molar-refractivity contribution in [3.8, 4) is 0 Å². The summed E-state index contributed by atoms with van der Waals surface area (Å²) in [7, 11) is 0. The van der Waals surface area contributed by atoms with Gasteiger partial charge in [0.05, 0.1) is 6.54 Å². The maximum atomic E-state index is 13.2. The third-order valence-corrected chi connectivity index (χ3v) is 3.78. The minimum absolute atomic E-state index is 0.220. The number of halogens is 1. The minimum atomic E-state index is -0.220. The monoisotopic (exact) mass is 278 g/mol. The second-order valence-corrected chi connectivity index (χ2v) is 4.99. The van der Waals surface area contributed by atoms with Gasteiger partial charge in [-0.15, -0.1) is 0 Å². The van der Waals surface area contributed by atoms with Crippen molar-refractivity contribution in [2.75, 3.05) is 26.2 Å². The normalized spacial score (nSPS) is 11.7. The Morgan fingerprint density at radius 1 is 1.25 bits per heavy atom. The Balaban J connectivity index is 1.95. The fourth-order valence-electron chi connectivity index (χ4n) is 2.39. The Morgan fingerprint density at radius 2 is 2.00 bits per heavy atom. The van der Waals surface area contributed by atoms with Crippen molar-refractivity contribution < 1.29 is 8.81 Å². The van der Waals surface area contributed by atoms with Crippen molar-refractivity contribution in [3.05, 3.63) is 35.3 Å². The summed E-state index contributed by atoms with van der Waals surface area (Å²) in [6.45, 7) is 11.1. The first kappa shape index (κ1) is 15.0. The number of nitrogens with one attached hydrogen (secondary N) is 1. The Kier molecular flexibility index (Phi) is 5.15. The van der Waals surface area contributed by atoms with E-state index in [1.54, 1.807) is 6.07 Å². The highest BCUT2D eigenvalue weighted by molar-refractivity contribution is 5.82. The van der Waals surface area contributed by atoms with E-state index in [1.807, 2.05) is 6.92 Å². The van der Waals surface area contributed by atoms with Crippen molar-refractivity contribution in [1.82, 2.24) is 10.2 Å². The average Bonchev–Trinajstić information content (AvgIpc) is 2.76. The molecule has 110 valence electrons. The van der Waals surface area contributed by atoms with E-state index in [0.717, 1.165) is 48.5 Å². The van der Waals surface area contributed by atoms with Gasteiger partial charge in [-0.05, 0) is 43.8 Å². The standard InChI is InChI=1S/C16H23FN2O/c1-4-19(5-2)9-8-18-11-16-12(3)14-10-13(17)6-7-15(14)20-16/h6-7,10,18H,4-5,8-9,11H2,1-3H3. The molecule has 2 rings (SSSR count). The molecule has 0 aliphatic carbocycles. The van der Waals surface area contributed by atoms with Gasteiger partial charge in [-0.2, -0.15) is 0 Å². The van der Waals surface area contributed by atoms with E-state index >= 15 is 0 Å². The zero-order valence-corrected chi connectivity index (χ0v) is 12.5. The molecule has 0 amide bonds. The van der Waals surface area contributed by atoms with Crippen LogP contribution in [0.25, 0.3) is 11.0 Å². The predicted molar refractivity (Wildman–Crippen MR) is 80.4 cm³/mol. The first-order chi connectivity index (χ1) is 9.65. The second-order valence-electron chi connectivity index (χ2n) is 4.99. The molecule has 2 aromatic rings. The summed E-state index contributed by atoms with van der Waals surface area (Å²) < 4.78 is 19.0. The molecule has 0 fully saturated rings. The molecule has 0 unspecified atom stereocenters. The first-order valence-corrected chi connectivity index (χ1v) is 7.26. The van der Waals surface area contributed by atoms with Crippen molar-refractivity contribution in [1.29, 1.82) is 0 Å². The highest BCUT2D eigenvalue weighted by Crippen LogP contribution is 2.25. The highest BCUT2D eigenvalue weighted by Gasteiger charge is 2.10. The molecular weight excluding hydrogens is 255 g/mol. The van der Waals surface area contributed by atoms with Crippen LogP contribution < -0.4 is 5.32 Å². The van der Waals surface area contributed by atoms with Gasteiger partial charge in [-0.25, -0.2) is 4.39 Å². The summed E-state index contributed by atoms with van der Waals surface area (Å²) in [5.41, 5.74) is 1.78. The Morgan fingerprint density at radius 3 is 2.70 bits per heavy atom. The number of likely N-dealkylation sites (N-methyl/N-ethyl adjacent to an activating group) is 1. The van der Waals surface area contributed by atoms with Crippen LogP contribution in [0.5, 0.6) is 0 Å². The summed E-state index contributed by atoms with van der Waals surface area (Å²) >= 11 is 0. The van der Waals surface area contributed by atoms with Crippen LogP contribution in [0.15, 0.2) is 22.6 Å². The Hall–Kier alpha value is -1.39. The van der Waals surface area contributed by atoms with E-state index < -0.39 is 0 Å². The zero-order chi connectivity index (χ0) is 14.5. The lowest BCUT2D eigenvalue weighted by atomic mass is 10.1. The molecule has 1 aromatic carbocycles. The number of hydrogen-bond acceptors (Lipinski definition) is 3. The predicted octanol–water partition coefficient (Wildman–Crippen LogP) is 3.31. The topological polar surface area (TPSA) is 28.4 Å². The van der Waals surface area contributed by atoms with Crippen molar-refractivity contribution in [2.45, 2.75) is 27.3 Å². The van der Waals surface area contributed by atoms with Gasteiger partial charge in [0.15, 0.2) is 0 Å². The van der Waals surface area contributed by atoms with Crippen molar-refractivity contribution in [3.63, 3.8) is 0 Å². The quantitative estimate of drug-likeness (QED) is 0.788. The van der Waals surface area contributed by atoms with E-state index in [2.05, 4.69) is 24.1 Å². The number of fused-ring (bicyclic) bond motifs is 1. The van der Waals surface area contributed by atoms with Crippen LogP contribution >= 0.6 is 0 Å². The summed E-state index contributed by atoms with van der Waals surface area (Å²) in [4.78, 5) is 2.37. The summed E-state index contributed by atoms with van der Waals surface area (Å²) in [5, 5.41) is 4.25. The Bertz CT molecular complexity index is 561. The summed E-state index contributed by atoms with van der Waals surface area (Å²) in [6, 6.07) is 4.66. The van der Waals surface area contributed by atoms with Crippen LogP contribution in [-0.2, 0) is 6.54 Å². The molecule has 0 atom stereocenters. The first-order valence-electron chi connectivity index (χ1n) is 7.26.